The molecule has 0 unspecified atom stereocenters. The first-order valence-corrected chi connectivity index (χ1v) is 7.42. The summed E-state index contributed by atoms with van der Waals surface area (Å²) in [4.78, 5) is 28.5. The Morgan fingerprint density at radius 3 is 2.62 bits per heavy atom. The van der Waals surface area contributed by atoms with Crippen LogP contribution in [0.15, 0.2) is 42.6 Å². The minimum atomic E-state index is -0.899. The second kappa shape index (κ2) is 6.11. The third-order valence-electron chi connectivity index (χ3n) is 3.82. The lowest BCUT2D eigenvalue weighted by atomic mass is 10.1. The Morgan fingerprint density at radius 1 is 1.25 bits per heavy atom. The molecule has 7 heteroatoms. The largest absolute Gasteiger partial charge is 0.368 e. The van der Waals surface area contributed by atoms with Crippen LogP contribution >= 0.6 is 0 Å². The molecule has 0 aliphatic rings. The average molecular weight is 323 g/mol. The van der Waals surface area contributed by atoms with Crippen LogP contribution in [0.25, 0.3) is 11.0 Å². The lowest BCUT2D eigenvalue weighted by Crippen LogP contribution is -2.37. The molecule has 0 aliphatic carbocycles. The number of pyridine rings is 1. The Bertz CT molecular complexity index is 917. The van der Waals surface area contributed by atoms with Crippen LogP contribution in [-0.4, -0.2) is 26.6 Å². The monoisotopic (exact) mass is 323 g/mol. The van der Waals surface area contributed by atoms with Crippen LogP contribution in [0.1, 0.15) is 27.7 Å². The van der Waals surface area contributed by atoms with E-state index in [9.17, 15) is 9.59 Å². The molecule has 0 saturated heterocycles. The van der Waals surface area contributed by atoms with Gasteiger partial charge in [-0.2, -0.15) is 5.10 Å². The number of aromatic nitrogens is 3. The number of primary amides is 1. The van der Waals surface area contributed by atoms with Gasteiger partial charge in [-0.05, 0) is 18.6 Å². The standard InChI is InChI=1S/C17H17N5O2/c1-10-13-8-12(9-19-16(13)22(2)21-10)17(24)20-14(15(18)23)11-6-4-3-5-7-11/h3-9,14H,1-2H3,(H2,18,23)(H,20,24)/t14-/m0/s1. The molecule has 3 rings (SSSR count). The highest BCUT2D eigenvalue weighted by Gasteiger charge is 2.21. The predicted molar refractivity (Wildman–Crippen MR) is 89.1 cm³/mol. The van der Waals surface area contributed by atoms with E-state index >= 15 is 0 Å². The van der Waals surface area contributed by atoms with Crippen molar-refractivity contribution in [3.8, 4) is 0 Å². The molecule has 0 aliphatic heterocycles. The maximum atomic E-state index is 12.5. The number of nitrogens with one attached hydrogen (secondary N) is 1. The molecule has 2 heterocycles. The molecule has 1 atom stereocenters. The lowest BCUT2D eigenvalue weighted by molar-refractivity contribution is -0.120. The fraction of sp³-hybridized carbons (Fsp3) is 0.176. The number of benzene rings is 1. The number of fused-ring (bicyclic) bond motifs is 1. The van der Waals surface area contributed by atoms with E-state index in [0.29, 0.717) is 16.8 Å². The third-order valence-corrected chi connectivity index (χ3v) is 3.82. The zero-order chi connectivity index (χ0) is 17.3. The van der Waals surface area contributed by atoms with E-state index in [-0.39, 0.29) is 0 Å². The highest BCUT2D eigenvalue weighted by molar-refractivity contribution is 5.99. The third kappa shape index (κ3) is 2.83. The zero-order valence-electron chi connectivity index (χ0n) is 13.4. The van der Waals surface area contributed by atoms with Crippen molar-refractivity contribution in [3.63, 3.8) is 0 Å². The van der Waals surface area contributed by atoms with Gasteiger partial charge in [0.25, 0.3) is 5.91 Å². The van der Waals surface area contributed by atoms with Crippen molar-refractivity contribution in [1.82, 2.24) is 20.1 Å². The number of hydrogen-bond donors (Lipinski definition) is 2. The van der Waals surface area contributed by atoms with Crippen molar-refractivity contribution >= 4 is 22.8 Å². The normalized spacial score (nSPS) is 12.1. The first kappa shape index (κ1) is 15.7. The molecule has 1 aromatic carbocycles. The number of nitrogens with two attached hydrogens (primary N) is 1. The quantitative estimate of drug-likeness (QED) is 0.753. The van der Waals surface area contributed by atoms with Crippen LogP contribution in [0.2, 0.25) is 0 Å². The van der Waals surface area contributed by atoms with Crippen molar-refractivity contribution in [2.24, 2.45) is 12.8 Å². The molecule has 3 aromatic rings. The molecule has 2 amide bonds. The Labute approximate surface area is 138 Å². The van der Waals surface area contributed by atoms with Crippen LogP contribution in [0, 0.1) is 6.92 Å². The van der Waals surface area contributed by atoms with Crippen molar-refractivity contribution < 1.29 is 9.59 Å². The van der Waals surface area contributed by atoms with Gasteiger partial charge in [0, 0.05) is 18.6 Å². The Hall–Kier alpha value is -3.22. The van der Waals surface area contributed by atoms with Gasteiger partial charge in [-0.1, -0.05) is 30.3 Å². The molecule has 24 heavy (non-hydrogen) atoms. The fourth-order valence-electron chi connectivity index (χ4n) is 2.61. The molecule has 0 spiro atoms. The first-order valence-electron chi connectivity index (χ1n) is 7.42. The van der Waals surface area contributed by atoms with Gasteiger partial charge in [0.2, 0.25) is 5.91 Å². The van der Waals surface area contributed by atoms with Gasteiger partial charge >= 0.3 is 0 Å². The zero-order valence-corrected chi connectivity index (χ0v) is 13.4. The summed E-state index contributed by atoms with van der Waals surface area (Å²) in [5, 5.41) is 7.73. The number of carbonyl (C=O) groups excluding carboxylic acids is 2. The average Bonchev–Trinajstić information content (AvgIpc) is 2.87. The SMILES string of the molecule is Cc1nn(C)c2ncc(C(=O)N[C@H](C(N)=O)c3ccccc3)cc12. The molecule has 122 valence electrons. The summed E-state index contributed by atoms with van der Waals surface area (Å²) in [6.45, 7) is 1.85. The Morgan fingerprint density at radius 2 is 1.96 bits per heavy atom. The lowest BCUT2D eigenvalue weighted by Gasteiger charge is -2.15. The van der Waals surface area contributed by atoms with Crippen LogP contribution in [0.5, 0.6) is 0 Å². The molecule has 3 N–H and O–H groups in total. The van der Waals surface area contributed by atoms with Gasteiger partial charge in [0.05, 0.1) is 11.3 Å². The van der Waals surface area contributed by atoms with Crippen LogP contribution < -0.4 is 11.1 Å². The van der Waals surface area contributed by atoms with Crippen molar-refractivity contribution in [1.29, 1.82) is 0 Å². The second-order valence-electron chi connectivity index (χ2n) is 5.52. The van der Waals surface area contributed by atoms with E-state index in [2.05, 4.69) is 15.4 Å². The molecule has 0 radical (unpaired) electrons. The summed E-state index contributed by atoms with van der Waals surface area (Å²) in [5.74, 6) is -1.04. The molecule has 0 saturated carbocycles. The van der Waals surface area contributed by atoms with Crippen molar-refractivity contribution in [3.05, 3.63) is 59.4 Å². The number of hydrogen-bond acceptors (Lipinski definition) is 4. The predicted octanol–water partition coefficient (Wildman–Crippen LogP) is 1.23. The summed E-state index contributed by atoms with van der Waals surface area (Å²) >= 11 is 0. The van der Waals surface area contributed by atoms with E-state index in [1.54, 1.807) is 42.1 Å². The number of rotatable bonds is 4. The van der Waals surface area contributed by atoms with Gasteiger partial charge < -0.3 is 11.1 Å². The smallest absolute Gasteiger partial charge is 0.253 e. The minimum Gasteiger partial charge on any atom is -0.368 e. The highest BCUT2D eigenvalue weighted by atomic mass is 16.2. The topological polar surface area (TPSA) is 103 Å². The molecular formula is C17H17N5O2. The number of nitrogens with zero attached hydrogens (tertiary/aromatic N) is 3. The van der Waals surface area contributed by atoms with E-state index < -0.39 is 17.9 Å². The van der Waals surface area contributed by atoms with Gasteiger partial charge in [-0.15, -0.1) is 0 Å². The summed E-state index contributed by atoms with van der Waals surface area (Å²) in [5.41, 5.74) is 7.88. The van der Waals surface area contributed by atoms with Gasteiger partial charge in [-0.25, -0.2) is 4.98 Å². The molecule has 2 aromatic heterocycles. The van der Waals surface area contributed by atoms with Crippen molar-refractivity contribution in [2.75, 3.05) is 0 Å². The minimum absolute atomic E-state index is 0.348. The maximum absolute atomic E-state index is 12.5. The Kier molecular flexibility index (Phi) is 3.99. The van der Waals surface area contributed by atoms with Gasteiger partial charge in [0.1, 0.15) is 6.04 Å². The summed E-state index contributed by atoms with van der Waals surface area (Å²) in [7, 11) is 1.79. The molecular weight excluding hydrogens is 306 g/mol. The summed E-state index contributed by atoms with van der Waals surface area (Å²) < 4.78 is 1.66. The highest BCUT2D eigenvalue weighted by Crippen LogP contribution is 2.18. The number of amides is 2. The molecule has 7 nitrogen and oxygen atoms in total. The maximum Gasteiger partial charge on any atom is 0.253 e. The van der Waals surface area contributed by atoms with Crippen LogP contribution in [0.3, 0.4) is 0 Å². The van der Waals surface area contributed by atoms with Crippen molar-refractivity contribution in [2.45, 2.75) is 13.0 Å². The second-order valence-corrected chi connectivity index (χ2v) is 5.52. The first-order chi connectivity index (χ1) is 11.5. The van der Waals surface area contributed by atoms with Gasteiger partial charge in [-0.3, -0.25) is 14.3 Å². The van der Waals surface area contributed by atoms with E-state index in [4.69, 9.17) is 5.73 Å². The summed E-state index contributed by atoms with van der Waals surface area (Å²) in [6.07, 6.45) is 1.46. The van der Waals surface area contributed by atoms with Gasteiger partial charge in [0.15, 0.2) is 5.65 Å². The number of carbonyl (C=O) groups is 2. The van der Waals surface area contributed by atoms with Crippen LogP contribution in [-0.2, 0) is 11.8 Å². The van der Waals surface area contributed by atoms with E-state index in [0.717, 1.165) is 11.1 Å². The number of aryl methyl sites for hydroxylation is 2. The Balaban J connectivity index is 1.91. The van der Waals surface area contributed by atoms with E-state index in [1.165, 1.54) is 6.20 Å². The van der Waals surface area contributed by atoms with E-state index in [1.807, 2.05) is 13.0 Å². The van der Waals surface area contributed by atoms with Crippen LogP contribution in [0.4, 0.5) is 0 Å². The fourth-order valence-corrected chi connectivity index (χ4v) is 2.61. The molecule has 0 bridgehead atoms. The molecule has 0 fully saturated rings. The summed E-state index contributed by atoms with van der Waals surface area (Å²) in [6, 6.07) is 9.68.